The summed E-state index contributed by atoms with van der Waals surface area (Å²) in [5.41, 5.74) is 12.2. The van der Waals surface area contributed by atoms with Crippen LogP contribution in [0.5, 0.6) is 0 Å². The molecule has 1 aliphatic rings. The lowest BCUT2D eigenvalue weighted by Gasteiger charge is -2.09. The highest BCUT2D eigenvalue weighted by atomic mass is 14.7. The number of fused-ring (bicyclic) bond motifs is 1. The molecule has 0 fully saturated rings. The van der Waals surface area contributed by atoms with Crippen LogP contribution in [-0.4, -0.2) is 4.98 Å². The lowest BCUT2D eigenvalue weighted by Crippen LogP contribution is -1.92. The number of aryl methyl sites for hydroxylation is 1. The van der Waals surface area contributed by atoms with E-state index in [0.717, 1.165) is 30.5 Å². The summed E-state index contributed by atoms with van der Waals surface area (Å²) in [6.07, 6.45) is 14.5. The standard InChI is InChI=1S/C18H22N2/c1-2-3-7-13-10-15-16(14-8-5-4-6-9-14)12-20-18(15)17(19)11-13/h4-5,8,10-12,20H,2-3,6-7,9,19H2,1H3. The van der Waals surface area contributed by atoms with Gasteiger partial charge in [-0.05, 0) is 49.0 Å². The first-order valence-corrected chi connectivity index (χ1v) is 7.55. The largest absolute Gasteiger partial charge is 0.397 e. The summed E-state index contributed by atoms with van der Waals surface area (Å²) in [4.78, 5) is 3.35. The highest BCUT2D eigenvalue weighted by Crippen LogP contribution is 2.33. The fourth-order valence-electron chi connectivity index (χ4n) is 2.94. The van der Waals surface area contributed by atoms with Crippen molar-refractivity contribution in [1.82, 2.24) is 4.98 Å². The quantitative estimate of drug-likeness (QED) is 0.765. The van der Waals surface area contributed by atoms with E-state index >= 15 is 0 Å². The summed E-state index contributed by atoms with van der Waals surface area (Å²) >= 11 is 0. The van der Waals surface area contributed by atoms with Crippen LogP contribution in [-0.2, 0) is 6.42 Å². The topological polar surface area (TPSA) is 41.8 Å². The third-order valence-electron chi connectivity index (χ3n) is 4.06. The van der Waals surface area contributed by atoms with Gasteiger partial charge in [-0.2, -0.15) is 0 Å². The van der Waals surface area contributed by atoms with Crippen molar-refractivity contribution in [2.24, 2.45) is 0 Å². The van der Waals surface area contributed by atoms with Gasteiger partial charge in [0.2, 0.25) is 0 Å². The number of anilines is 1. The molecule has 0 bridgehead atoms. The molecule has 3 rings (SSSR count). The number of unbranched alkanes of at least 4 members (excludes halogenated alkanes) is 1. The second-order valence-corrected chi connectivity index (χ2v) is 5.57. The Balaban J connectivity index is 2.07. The van der Waals surface area contributed by atoms with Crippen LogP contribution >= 0.6 is 0 Å². The molecular weight excluding hydrogens is 244 g/mol. The Morgan fingerprint density at radius 2 is 2.20 bits per heavy atom. The molecule has 0 aliphatic heterocycles. The van der Waals surface area contributed by atoms with E-state index in [1.165, 1.54) is 34.9 Å². The zero-order valence-corrected chi connectivity index (χ0v) is 12.1. The molecule has 2 aromatic rings. The maximum atomic E-state index is 6.21. The van der Waals surface area contributed by atoms with Crippen LogP contribution in [0.3, 0.4) is 0 Å². The van der Waals surface area contributed by atoms with Crippen molar-refractivity contribution in [3.8, 4) is 0 Å². The van der Waals surface area contributed by atoms with Crippen molar-refractivity contribution in [3.05, 3.63) is 47.7 Å². The Morgan fingerprint density at radius 3 is 2.95 bits per heavy atom. The molecule has 1 heterocycles. The molecule has 104 valence electrons. The lowest BCUT2D eigenvalue weighted by molar-refractivity contribution is 0.796. The zero-order chi connectivity index (χ0) is 13.9. The first-order valence-electron chi connectivity index (χ1n) is 7.55. The summed E-state index contributed by atoms with van der Waals surface area (Å²) in [7, 11) is 0. The van der Waals surface area contributed by atoms with Crippen LogP contribution in [0.25, 0.3) is 16.5 Å². The van der Waals surface area contributed by atoms with Crippen molar-refractivity contribution in [2.75, 3.05) is 5.73 Å². The molecule has 3 N–H and O–H groups in total. The number of nitrogens with two attached hydrogens (primary N) is 1. The smallest absolute Gasteiger partial charge is 0.0694 e. The highest BCUT2D eigenvalue weighted by Gasteiger charge is 2.12. The van der Waals surface area contributed by atoms with Crippen molar-refractivity contribution in [1.29, 1.82) is 0 Å². The Kier molecular flexibility index (Phi) is 3.64. The SMILES string of the molecule is CCCCc1cc(N)c2[nH]cc(C3=CC=CCC3)c2c1. The van der Waals surface area contributed by atoms with Crippen LogP contribution in [0, 0.1) is 0 Å². The number of rotatable bonds is 4. The van der Waals surface area contributed by atoms with Crippen LogP contribution in [0.4, 0.5) is 5.69 Å². The molecule has 0 radical (unpaired) electrons. The molecule has 0 amide bonds. The Morgan fingerprint density at radius 1 is 1.30 bits per heavy atom. The van der Waals surface area contributed by atoms with Gasteiger partial charge < -0.3 is 10.7 Å². The highest BCUT2D eigenvalue weighted by molar-refractivity contribution is 5.99. The van der Waals surface area contributed by atoms with Crippen LogP contribution in [0.15, 0.2) is 36.6 Å². The van der Waals surface area contributed by atoms with Gasteiger partial charge in [0.05, 0.1) is 11.2 Å². The van der Waals surface area contributed by atoms with Gasteiger partial charge in [0, 0.05) is 17.1 Å². The first kappa shape index (κ1) is 13.0. The molecule has 0 saturated carbocycles. The molecular formula is C18H22N2. The molecule has 20 heavy (non-hydrogen) atoms. The number of hydrogen-bond donors (Lipinski definition) is 2. The minimum absolute atomic E-state index is 0.867. The lowest BCUT2D eigenvalue weighted by atomic mass is 9.95. The van der Waals surface area contributed by atoms with Gasteiger partial charge in [0.15, 0.2) is 0 Å². The van der Waals surface area contributed by atoms with Crippen molar-refractivity contribution in [2.45, 2.75) is 39.0 Å². The van der Waals surface area contributed by atoms with Gasteiger partial charge in [-0.25, -0.2) is 0 Å². The second kappa shape index (κ2) is 5.58. The normalized spacial score (nSPS) is 14.8. The van der Waals surface area contributed by atoms with E-state index in [9.17, 15) is 0 Å². The number of nitrogen functional groups attached to an aromatic ring is 1. The molecule has 0 atom stereocenters. The number of nitrogens with one attached hydrogen (secondary N) is 1. The van der Waals surface area contributed by atoms with E-state index in [0.29, 0.717) is 0 Å². The van der Waals surface area contributed by atoms with Gasteiger partial charge >= 0.3 is 0 Å². The molecule has 0 spiro atoms. The number of aromatic nitrogens is 1. The van der Waals surface area contributed by atoms with E-state index in [1.807, 2.05) is 0 Å². The van der Waals surface area contributed by atoms with E-state index in [2.05, 4.69) is 48.5 Å². The van der Waals surface area contributed by atoms with Crippen LogP contribution < -0.4 is 5.73 Å². The molecule has 2 heteroatoms. The second-order valence-electron chi connectivity index (χ2n) is 5.57. The molecule has 1 aliphatic carbocycles. The average molecular weight is 266 g/mol. The first-order chi connectivity index (χ1) is 9.79. The Bertz CT molecular complexity index is 674. The van der Waals surface area contributed by atoms with Crippen molar-refractivity contribution < 1.29 is 0 Å². The molecule has 1 aromatic heterocycles. The molecule has 0 saturated heterocycles. The number of allylic oxidation sites excluding steroid dienone is 4. The van der Waals surface area contributed by atoms with Gasteiger partial charge in [-0.1, -0.05) is 31.6 Å². The maximum absolute atomic E-state index is 6.21. The fraction of sp³-hybridized carbons (Fsp3) is 0.333. The minimum Gasteiger partial charge on any atom is -0.397 e. The molecule has 1 aromatic carbocycles. The summed E-state index contributed by atoms with van der Waals surface area (Å²) in [5.74, 6) is 0. The predicted octanol–water partition coefficient (Wildman–Crippen LogP) is 4.83. The summed E-state index contributed by atoms with van der Waals surface area (Å²) < 4.78 is 0. The molecule has 0 unspecified atom stereocenters. The van der Waals surface area contributed by atoms with Gasteiger partial charge in [0.1, 0.15) is 0 Å². The van der Waals surface area contributed by atoms with E-state index in [-0.39, 0.29) is 0 Å². The number of hydrogen-bond acceptors (Lipinski definition) is 1. The fourth-order valence-corrected chi connectivity index (χ4v) is 2.94. The third kappa shape index (κ3) is 2.38. The number of benzene rings is 1. The average Bonchev–Trinajstić information content (AvgIpc) is 2.90. The molecule has 2 nitrogen and oxygen atoms in total. The summed E-state index contributed by atoms with van der Waals surface area (Å²) in [5, 5.41) is 1.28. The Hall–Kier alpha value is -1.96. The summed E-state index contributed by atoms with van der Waals surface area (Å²) in [6.45, 7) is 2.22. The minimum atomic E-state index is 0.867. The van der Waals surface area contributed by atoms with Crippen molar-refractivity contribution in [3.63, 3.8) is 0 Å². The number of aromatic amines is 1. The van der Waals surface area contributed by atoms with Gasteiger partial charge in [-0.3, -0.25) is 0 Å². The zero-order valence-electron chi connectivity index (χ0n) is 12.1. The summed E-state index contributed by atoms with van der Waals surface area (Å²) in [6, 6.07) is 4.43. The Labute approximate surface area is 120 Å². The van der Waals surface area contributed by atoms with E-state index in [1.54, 1.807) is 0 Å². The van der Waals surface area contributed by atoms with E-state index in [4.69, 9.17) is 5.73 Å². The third-order valence-corrected chi connectivity index (χ3v) is 4.06. The van der Waals surface area contributed by atoms with Crippen LogP contribution in [0.2, 0.25) is 0 Å². The van der Waals surface area contributed by atoms with Crippen molar-refractivity contribution >= 4 is 22.2 Å². The number of H-pyrrole nitrogens is 1. The monoisotopic (exact) mass is 266 g/mol. The van der Waals surface area contributed by atoms with Gasteiger partial charge in [-0.15, -0.1) is 0 Å². The maximum Gasteiger partial charge on any atom is 0.0694 e. The van der Waals surface area contributed by atoms with E-state index < -0.39 is 0 Å². The van der Waals surface area contributed by atoms with Crippen LogP contribution in [0.1, 0.15) is 43.7 Å². The predicted molar refractivity (Wildman–Crippen MR) is 87.7 cm³/mol. The van der Waals surface area contributed by atoms with Gasteiger partial charge in [0.25, 0.3) is 0 Å².